The third-order valence-corrected chi connectivity index (χ3v) is 9.27. The maximum Gasteiger partial charge on any atom is 0.323 e. The number of likely N-dealkylation sites (N-methyl/N-ethyl adjacent to an activating group) is 1. The highest BCUT2D eigenvalue weighted by molar-refractivity contribution is 5.99. The van der Waals surface area contributed by atoms with Gasteiger partial charge in [0.25, 0.3) is 0 Å². The Morgan fingerprint density at radius 3 is 2.07 bits per heavy atom. The SMILES string of the molecule is CN1CCN(c2ccc(NC(=O)Nc3ccc(-c4nc(C5CCOCC5)cc(N5C6CCC5COC6)n4)cc3)cc2)CC1. The third-order valence-electron chi connectivity index (χ3n) is 9.27. The number of morpholine rings is 1. The highest BCUT2D eigenvalue weighted by atomic mass is 16.5. The summed E-state index contributed by atoms with van der Waals surface area (Å²) in [6.07, 6.45) is 4.23. The van der Waals surface area contributed by atoms with E-state index in [1.807, 2.05) is 36.4 Å². The first-order chi connectivity index (χ1) is 21.1. The van der Waals surface area contributed by atoms with Crippen LogP contribution in [0.15, 0.2) is 54.6 Å². The molecule has 10 heteroatoms. The molecule has 2 bridgehead atoms. The van der Waals surface area contributed by atoms with Gasteiger partial charge in [-0.1, -0.05) is 0 Å². The van der Waals surface area contributed by atoms with E-state index in [0.717, 1.165) is 107 Å². The van der Waals surface area contributed by atoms with E-state index in [9.17, 15) is 4.79 Å². The second kappa shape index (κ2) is 12.5. The van der Waals surface area contributed by atoms with E-state index < -0.39 is 0 Å². The Kier molecular flexibility index (Phi) is 8.14. The second-order valence-electron chi connectivity index (χ2n) is 12.2. The van der Waals surface area contributed by atoms with E-state index in [1.165, 1.54) is 5.69 Å². The number of carbonyl (C=O) groups excluding carboxylic acids is 1. The molecule has 10 nitrogen and oxygen atoms in total. The molecule has 2 unspecified atom stereocenters. The summed E-state index contributed by atoms with van der Waals surface area (Å²) in [5.41, 5.74) is 4.68. The van der Waals surface area contributed by atoms with E-state index in [4.69, 9.17) is 19.4 Å². The van der Waals surface area contributed by atoms with Gasteiger partial charge in [0.15, 0.2) is 5.82 Å². The van der Waals surface area contributed by atoms with Gasteiger partial charge in [-0.2, -0.15) is 0 Å². The lowest BCUT2D eigenvalue weighted by Crippen LogP contribution is -2.46. The summed E-state index contributed by atoms with van der Waals surface area (Å²) in [5, 5.41) is 5.90. The first kappa shape index (κ1) is 28.1. The molecule has 4 aliphatic heterocycles. The molecule has 5 heterocycles. The summed E-state index contributed by atoms with van der Waals surface area (Å²) >= 11 is 0. The van der Waals surface area contributed by atoms with E-state index in [-0.39, 0.29) is 6.03 Å². The summed E-state index contributed by atoms with van der Waals surface area (Å²) in [6, 6.07) is 18.5. The quantitative estimate of drug-likeness (QED) is 0.428. The molecule has 1 aromatic heterocycles. The molecule has 3 aromatic rings. The largest absolute Gasteiger partial charge is 0.381 e. The van der Waals surface area contributed by atoms with Crippen LogP contribution in [0, 0.1) is 0 Å². The fourth-order valence-corrected chi connectivity index (χ4v) is 6.74. The van der Waals surface area contributed by atoms with Crippen LogP contribution in [-0.2, 0) is 9.47 Å². The Balaban J connectivity index is 1.04. The van der Waals surface area contributed by atoms with Gasteiger partial charge in [-0.15, -0.1) is 0 Å². The number of nitrogens with one attached hydrogen (secondary N) is 2. The standard InChI is InChI=1S/C33H41N7O3/c1-38-14-16-39(17-15-38)27-8-6-26(7-9-27)35-33(41)34-25-4-2-24(3-5-25)32-36-30(23-12-18-42-19-13-23)20-31(37-32)40-28-10-11-29(40)22-43-21-28/h2-9,20,23,28-29H,10-19,21-22H2,1H3,(H2,34,35,41). The van der Waals surface area contributed by atoms with Gasteiger partial charge in [-0.25, -0.2) is 14.8 Å². The van der Waals surface area contributed by atoms with Crippen molar-refractivity contribution in [2.45, 2.75) is 43.7 Å². The molecule has 2 aromatic carbocycles. The van der Waals surface area contributed by atoms with Gasteiger partial charge in [-0.3, -0.25) is 0 Å². The number of amides is 2. The number of ether oxygens (including phenoxy) is 2. The molecule has 7 rings (SSSR count). The molecule has 0 aliphatic carbocycles. The zero-order valence-electron chi connectivity index (χ0n) is 24.9. The van der Waals surface area contributed by atoms with Crippen molar-refractivity contribution in [3.8, 4) is 11.4 Å². The van der Waals surface area contributed by atoms with Gasteiger partial charge in [0, 0.05) is 79.7 Å². The van der Waals surface area contributed by atoms with E-state index in [1.54, 1.807) is 0 Å². The fourth-order valence-electron chi connectivity index (χ4n) is 6.74. The minimum absolute atomic E-state index is 0.275. The van der Waals surface area contributed by atoms with Crippen molar-refractivity contribution in [1.82, 2.24) is 14.9 Å². The maximum absolute atomic E-state index is 12.8. The predicted octanol–water partition coefficient (Wildman–Crippen LogP) is 4.80. The van der Waals surface area contributed by atoms with Crippen LogP contribution in [-0.4, -0.2) is 92.6 Å². The van der Waals surface area contributed by atoms with Gasteiger partial charge in [0.05, 0.1) is 25.3 Å². The first-order valence-corrected chi connectivity index (χ1v) is 15.6. The Morgan fingerprint density at radius 2 is 1.42 bits per heavy atom. The predicted molar refractivity (Wildman–Crippen MR) is 169 cm³/mol. The maximum atomic E-state index is 12.8. The zero-order valence-corrected chi connectivity index (χ0v) is 24.9. The number of rotatable bonds is 6. The summed E-state index contributed by atoms with van der Waals surface area (Å²) in [7, 11) is 2.15. The molecule has 4 saturated heterocycles. The second-order valence-corrected chi connectivity index (χ2v) is 12.2. The molecule has 2 atom stereocenters. The van der Waals surface area contributed by atoms with Gasteiger partial charge >= 0.3 is 6.03 Å². The van der Waals surface area contributed by atoms with Crippen LogP contribution < -0.4 is 20.4 Å². The number of hydrogen-bond donors (Lipinski definition) is 2. The first-order valence-electron chi connectivity index (χ1n) is 15.6. The van der Waals surface area contributed by atoms with Gasteiger partial charge in [0.1, 0.15) is 5.82 Å². The number of urea groups is 1. The van der Waals surface area contributed by atoms with Gasteiger partial charge in [0.2, 0.25) is 0 Å². The Bertz CT molecular complexity index is 1390. The number of benzene rings is 2. The van der Waals surface area contributed by atoms with Crippen LogP contribution >= 0.6 is 0 Å². The highest BCUT2D eigenvalue weighted by Crippen LogP contribution is 2.36. The summed E-state index contributed by atoms with van der Waals surface area (Å²) in [5.74, 6) is 2.09. The fraction of sp³-hybridized carbons (Fsp3) is 0.485. The molecule has 226 valence electrons. The number of carbonyl (C=O) groups is 1. The lowest BCUT2D eigenvalue weighted by Gasteiger charge is -2.36. The average Bonchev–Trinajstić information content (AvgIpc) is 3.30. The third kappa shape index (κ3) is 6.32. The van der Waals surface area contributed by atoms with Crippen LogP contribution in [0.4, 0.5) is 27.7 Å². The van der Waals surface area contributed by atoms with Gasteiger partial charge in [-0.05, 0) is 81.3 Å². The topological polar surface area (TPSA) is 95.1 Å². The highest BCUT2D eigenvalue weighted by Gasteiger charge is 2.38. The minimum atomic E-state index is -0.275. The van der Waals surface area contributed by atoms with Crippen LogP contribution in [0.5, 0.6) is 0 Å². The summed E-state index contributed by atoms with van der Waals surface area (Å²) in [6.45, 7) is 7.20. The van der Waals surface area contributed by atoms with Crippen molar-refractivity contribution in [3.05, 3.63) is 60.3 Å². The molecule has 4 fully saturated rings. The number of nitrogens with zero attached hydrogens (tertiary/aromatic N) is 5. The van der Waals surface area contributed by atoms with Crippen LogP contribution in [0.3, 0.4) is 0 Å². The Labute approximate surface area is 253 Å². The molecule has 2 amide bonds. The van der Waals surface area contributed by atoms with Crippen LogP contribution in [0.2, 0.25) is 0 Å². The van der Waals surface area contributed by atoms with Crippen molar-refractivity contribution in [2.75, 3.05) is 80.1 Å². The van der Waals surface area contributed by atoms with Gasteiger partial charge < -0.3 is 34.8 Å². The van der Waals surface area contributed by atoms with Crippen LogP contribution in [0.25, 0.3) is 11.4 Å². The minimum Gasteiger partial charge on any atom is -0.381 e. The molecule has 0 spiro atoms. The van der Waals surface area contributed by atoms with Crippen molar-refractivity contribution in [3.63, 3.8) is 0 Å². The monoisotopic (exact) mass is 583 g/mol. The van der Waals surface area contributed by atoms with Crippen molar-refractivity contribution < 1.29 is 14.3 Å². The van der Waals surface area contributed by atoms with E-state index in [0.29, 0.717) is 23.7 Å². The summed E-state index contributed by atoms with van der Waals surface area (Å²) in [4.78, 5) is 30.1. The molecule has 43 heavy (non-hydrogen) atoms. The van der Waals surface area contributed by atoms with E-state index >= 15 is 0 Å². The van der Waals surface area contributed by atoms with Crippen molar-refractivity contribution >= 4 is 28.9 Å². The molecular weight excluding hydrogens is 542 g/mol. The van der Waals surface area contributed by atoms with Crippen LogP contribution in [0.1, 0.15) is 37.3 Å². The zero-order chi connectivity index (χ0) is 29.2. The number of aromatic nitrogens is 2. The number of anilines is 4. The molecule has 2 N–H and O–H groups in total. The number of fused-ring (bicyclic) bond motifs is 2. The Morgan fingerprint density at radius 1 is 0.791 bits per heavy atom. The number of piperazine rings is 1. The summed E-state index contributed by atoms with van der Waals surface area (Å²) < 4.78 is 11.5. The molecule has 0 saturated carbocycles. The van der Waals surface area contributed by atoms with E-state index in [2.05, 4.69) is 50.6 Å². The Hall–Kier alpha value is -3.73. The lowest BCUT2D eigenvalue weighted by atomic mass is 9.96. The average molecular weight is 584 g/mol. The lowest BCUT2D eigenvalue weighted by molar-refractivity contribution is 0.0843. The number of hydrogen-bond acceptors (Lipinski definition) is 8. The normalized spacial score (nSPS) is 22.9. The van der Waals surface area contributed by atoms with Crippen molar-refractivity contribution in [1.29, 1.82) is 0 Å². The molecule has 0 radical (unpaired) electrons. The smallest absolute Gasteiger partial charge is 0.323 e. The molecule has 4 aliphatic rings. The van der Waals surface area contributed by atoms with Crippen molar-refractivity contribution in [2.24, 2.45) is 0 Å². The molecular formula is C33H41N7O3.